The second kappa shape index (κ2) is 4.79. The summed E-state index contributed by atoms with van der Waals surface area (Å²) < 4.78 is 13.0. The van der Waals surface area contributed by atoms with Crippen molar-refractivity contribution in [2.24, 2.45) is 0 Å². The number of pyridine rings is 1. The molecule has 1 N–H and O–H groups in total. The zero-order chi connectivity index (χ0) is 12.4. The fourth-order valence-corrected chi connectivity index (χ4v) is 2.05. The molecule has 2 heterocycles. The summed E-state index contributed by atoms with van der Waals surface area (Å²) in [4.78, 5) is 27.5. The summed E-state index contributed by atoms with van der Waals surface area (Å²) in [6.07, 6.45) is 1.52. The molecule has 1 aromatic rings. The Balaban J connectivity index is 2.33. The van der Waals surface area contributed by atoms with Crippen LogP contribution in [0.1, 0.15) is 12.0 Å². The Kier molecular flexibility index (Phi) is 3.37. The van der Waals surface area contributed by atoms with Crippen molar-refractivity contribution < 1.29 is 14.0 Å². The number of aromatic nitrogens is 1. The van der Waals surface area contributed by atoms with Crippen LogP contribution in [-0.2, 0) is 10.1 Å². The molecule has 0 bridgehead atoms. The molecule has 0 radical (unpaired) electrons. The zero-order valence-electron chi connectivity index (χ0n) is 8.74. The van der Waals surface area contributed by atoms with E-state index in [1.807, 2.05) is 0 Å². The first-order valence-corrected chi connectivity index (χ1v) is 6.05. The van der Waals surface area contributed by atoms with Crippen LogP contribution in [0, 0.1) is 5.95 Å². The third-order valence-electron chi connectivity index (χ3n) is 2.42. The van der Waals surface area contributed by atoms with Gasteiger partial charge in [-0.05, 0) is 11.6 Å². The average molecular weight is 302 g/mol. The molecule has 0 spiro atoms. The van der Waals surface area contributed by atoms with E-state index in [1.165, 1.54) is 17.2 Å². The second-order valence-corrected chi connectivity index (χ2v) is 4.09. The van der Waals surface area contributed by atoms with E-state index < -0.39 is 12.0 Å². The predicted octanol–water partition coefficient (Wildman–Crippen LogP) is 1.56. The fraction of sp³-hybridized carbons (Fsp3) is 0.300. The molecule has 17 heavy (non-hydrogen) atoms. The van der Waals surface area contributed by atoms with Gasteiger partial charge >= 0.3 is 6.03 Å². The Morgan fingerprint density at radius 3 is 2.94 bits per heavy atom. The SMILES string of the molecule is O=C1CCN(c2cnc(F)cc2CBr)C(=O)N1. The van der Waals surface area contributed by atoms with Crippen LogP contribution in [0.15, 0.2) is 12.3 Å². The highest BCUT2D eigenvalue weighted by Gasteiger charge is 2.26. The normalized spacial score (nSPS) is 16.0. The lowest BCUT2D eigenvalue weighted by Crippen LogP contribution is -2.49. The largest absolute Gasteiger partial charge is 0.328 e. The number of carbonyl (C=O) groups excluding carboxylic acids is 2. The lowest BCUT2D eigenvalue weighted by atomic mass is 10.2. The monoisotopic (exact) mass is 301 g/mol. The highest BCUT2D eigenvalue weighted by molar-refractivity contribution is 9.08. The van der Waals surface area contributed by atoms with Gasteiger partial charge in [0.1, 0.15) is 0 Å². The number of rotatable bonds is 2. The number of hydrogen-bond donors (Lipinski definition) is 1. The molecule has 0 unspecified atom stereocenters. The van der Waals surface area contributed by atoms with Gasteiger partial charge in [0.2, 0.25) is 11.9 Å². The number of urea groups is 1. The van der Waals surface area contributed by atoms with Crippen LogP contribution in [0.4, 0.5) is 14.9 Å². The summed E-state index contributed by atoms with van der Waals surface area (Å²) in [6, 6.07) is 0.755. The van der Waals surface area contributed by atoms with E-state index in [-0.39, 0.29) is 18.9 Å². The van der Waals surface area contributed by atoms with Crippen LogP contribution in [-0.4, -0.2) is 23.5 Å². The van der Waals surface area contributed by atoms with E-state index in [1.54, 1.807) is 0 Å². The van der Waals surface area contributed by atoms with E-state index in [0.717, 1.165) is 0 Å². The first-order valence-electron chi connectivity index (χ1n) is 4.93. The van der Waals surface area contributed by atoms with Crippen molar-refractivity contribution in [1.29, 1.82) is 0 Å². The summed E-state index contributed by atoms with van der Waals surface area (Å²) in [6.45, 7) is 0.276. The smallest absolute Gasteiger partial charge is 0.292 e. The first kappa shape index (κ1) is 12.0. The zero-order valence-corrected chi connectivity index (χ0v) is 10.3. The molecule has 5 nitrogen and oxygen atoms in total. The number of nitrogens with zero attached hydrogens (tertiary/aromatic N) is 2. The third kappa shape index (κ3) is 2.44. The number of imide groups is 1. The number of hydrogen-bond acceptors (Lipinski definition) is 3. The number of anilines is 1. The van der Waals surface area contributed by atoms with Crippen LogP contribution in [0.5, 0.6) is 0 Å². The summed E-state index contributed by atoms with van der Waals surface area (Å²) in [7, 11) is 0. The molecular weight excluding hydrogens is 293 g/mol. The van der Waals surface area contributed by atoms with Crippen molar-refractivity contribution >= 4 is 33.6 Å². The maximum Gasteiger partial charge on any atom is 0.328 e. The molecule has 1 fully saturated rings. The molecule has 1 aliphatic heterocycles. The molecule has 7 heteroatoms. The molecular formula is C10H9BrFN3O2. The van der Waals surface area contributed by atoms with Gasteiger partial charge in [-0.25, -0.2) is 9.78 Å². The summed E-state index contributed by atoms with van der Waals surface area (Å²) in [5.41, 5.74) is 1.12. The molecule has 90 valence electrons. The van der Waals surface area contributed by atoms with Gasteiger partial charge in [-0.2, -0.15) is 4.39 Å². The van der Waals surface area contributed by atoms with Crippen LogP contribution in [0.3, 0.4) is 0 Å². The van der Waals surface area contributed by atoms with Crippen LogP contribution in [0.2, 0.25) is 0 Å². The fourth-order valence-electron chi connectivity index (χ4n) is 1.60. The number of carbonyl (C=O) groups is 2. The van der Waals surface area contributed by atoms with Crippen LogP contribution in [0.25, 0.3) is 0 Å². The van der Waals surface area contributed by atoms with Gasteiger partial charge in [-0.3, -0.25) is 15.0 Å². The minimum absolute atomic E-state index is 0.227. The topological polar surface area (TPSA) is 62.3 Å². The molecule has 1 aromatic heterocycles. The van der Waals surface area contributed by atoms with Gasteiger partial charge in [0.05, 0.1) is 11.9 Å². The summed E-state index contributed by atoms with van der Waals surface area (Å²) in [5.74, 6) is -0.904. The molecule has 1 saturated heterocycles. The van der Waals surface area contributed by atoms with Crippen molar-refractivity contribution in [3.63, 3.8) is 0 Å². The lowest BCUT2D eigenvalue weighted by molar-refractivity contribution is -0.120. The van der Waals surface area contributed by atoms with Crippen molar-refractivity contribution in [1.82, 2.24) is 10.3 Å². The van der Waals surface area contributed by atoms with E-state index in [9.17, 15) is 14.0 Å². The second-order valence-electron chi connectivity index (χ2n) is 3.52. The van der Waals surface area contributed by atoms with Crippen molar-refractivity contribution in [2.75, 3.05) is 11.4 Å². The van der Waals surface area contributed by atoms with Crippen molar-refractivity contribution in [2.45, 2.75) is 11.8 Å². The van der Waals surface area contributed by atoms with Crippen LogP contribution >= 0.6 is 15.9 Å². The lowest BCUT2D eigenvalue weighted by Gasteiger charge is -2.27. The third-order valence-corrected chi connectivity index (χ3v) is 3.03. The Bertz CT molecular complexity index is 481. The number of nitrogens with one attached hydrogen (secondary N) is 1. The van der Waals surface area contributed by atoms with Crippen LogP contribution < -0.4 is 10.2 Å². The molecule has 1 aliphatic rings. The van der Waals surface area contributed by atoms with Crippen molar-refractivity contribution in [3.05, 3.63) is 23.8 Å². The maximum atomic E-state index is 13.0. The Labute approximate surface area is 105 Å². The molecule has 0 aromatic carbocycles. The van der Waals surface area contributed by atoms with E-state index in [0.29, 0.717) is 16.6 Å². The Morgan fingerprint density at radius 2 is 2.29 bits per heavy atom. The predicted molar refractivity (Wildman–Crippen MR) is 62.3 cm³/mol. The number of halogens is 2. The van der Waals surface area contributed by atoms with E-state index in [2.05, 4.69) is 26.2 Å². The number of alkyl halides is 1. The highest BCUT2D eigenvalue weighted by atomic mass is 79.9. The standard InChI is InChI=1S/C10H9BrFN3O2/c11-4-6-3-8(12)13-5-7(6)15-2-1-9(16)14-10(15)17/h3,5H,1-2,4H2,(H,14,16,17). The molecule has 0 aliphatic carbocycles. The average Bonchev–Trinajstić information content (AvgIpc) is 2.30. The number of amides is 3. The summed E-state index contributed by atoms with van der Waals surface area (Å²) in [5, 5.41) is 2.61. The van der Waals surface area contributed by atoms with Crippen molar-refractivity contribution in [3.8, 4) is 0 Å². The molecule has 0 saturated carbocycles. The maximum absolute atomic E-state index is 13.0. The van der Waals surface area contributed by atoms with Gasteiger partial charge in [0.15, 0.2) is 0 Å². The van der Waals surface area contributed by atoms with Gasteiger partial charge in [0, 0.05) is 18.3 Å². The van der Waals surface area contributed by atoms with Gasteiger partial charge in [-0.15, -0.1) is 0 Å². The Morgan fingerprint density at radius 1 is 1.53 bits per heavy atom. The Hall–Kier alpha value is -1.50. The molecule has 2 rings (SSSR count). The minimum atomic E-state index is -0.600. The molecule has 3 amide bonds. The van der Waals surface area contributed by atoms with Gasteiger partial charge in [-0.1, -0.05) is 15.9 Å². The van der Waals surface area contributed by atoms with Gasteiger partial charge in [0.25, 0.3) is 0 Å². The highest BCUT2D eigenvalue weighted by Crippen LogP contribution is 2.24. The molecule has 0 atom stereocenters. The summed E-state index contributed by atoms with van der Waals surface area (Å²) >= 11 is 3.22. The minimum Gasteiger partial charge on any atom is -0.292 e. The quantitative estimate of drug-likeness (QED) is 0.666. The van der Waals surface area contributed by atoms with E-state index in [4.69, 9.17) is 0 Å². The first-order chi connectivity index (χ1) is 8.11. The van der Waals surface area contributed by atoms with E-state index >= 15 is 0 Å². The van der Waals surface area contributed by atoms with Gasteiger partial charge < -0.3 is 0 Å².